The minimum atomic E-state index is -0.921. The molecule has 3 saturated carbocycles. The number of hydrogen-bond acceptors (Lipinski definition) is 3. The fraction of sp³-hybridized carbons (Fsp3) is 0.857. The first-order valence-corrected chi connectivity index (χ1v) is 9.82. The summed E-state index contributed by atoms with van der Waals surface area (Å²) in [5.41, 5.74) is -1.33. The Balaban J connectivity index is 0.000000194. The average molecular weight is 382 g/mol. The van der Waals surface area contributed by atoms with Crippen molar-refractivity contribution in [1.29, 1.82) is 0 Å². The lowest BCUT2D eigenvalue weighted by Gasteiger charge is -2.37. The zero-order valence-corrected chi connectivity index (χ0v) is 17.3. The summed E-state index contributed by atoms with van der Waals surface area (Å²) in [7, 11) is 0. The molecule has 0 heterocycles. The minimum absolute atomic E-state index is 0.0451. The van der Waals surface area contributed by atoms with E-state index in [0.717, 1.165) is 12.8 Å². The molecule has 6 heteroatoms. The Bertz CT molecular complexity index is 651. The molecule has 2 bridgehead atoms. The van der Waals surface area contributed by atoms with E-state index < -0.39 is 34.7 Å². The highest BCUT2D eigenvalue weighted by Gasteiger charge is 2.63. The van der Waals surface area contributed by atoms with Gasteiger partial charge in [-0.3, -0.25) is 14.4 Å². The largest absolute Gasteiger partial charge is 0.481 e. The maximum absolute atomic E-state index is 11.1. The molecule has 6 nitrogen and oxygen atoms in total. The molecule has 0 aliphatic heterocycles. The molecule has 3 aliphatic carbocycles. The molecule has 0 aromatic rings. The van der Waals surface area contributed by atoms with Crippen LogP contribution in [-0.4, -0.2) is 33.2 Å². The highest BCUT2D eigenvalue weighted by atomic mass is 16.4. The van der Waals surface area contributed by atoms with E-state index in [1.807, 2.05) is 0 Å². The Kier molecular flexibility index (Phi) is 5.22. The van der Waals surface area contributed by atoms with Crippen LogP contribution < -0.4 is 0 Å². The van der Waals surface area contributed by atoms with Crippen LogP contribution in [0.15, 0.2) is 0 Å². The third kappa shape index (κ3) is 2.95. The quantitative estimate of drug-likeness (QED) is 0.676. The van der Waals surface area contributed by atoms with E-state index in [9.17, 15) is 14.4 Å². The van der Waals surface area contributed by atoms with E-state index in [2.05, 4.69) is 20.8 Å². The molecule has 0 aromatic heterocycles. The molecule has 3 N–H and O–H groups in total. The number of carbonyl (C=O) groups is 3. The van der Waals surface area contributed by atoms with Crippen LogP contribution in [0.3, 0.4) is 0 Å². The summed E-state index contributed by atoms with van der Waals surface area (Å²) in [6.45, 7) is 11.7. The molecule has 3 fully saturated rings. The Morgan fingerprint density at radius 2 is 1.26 bits per heavy atom. The standard InChI is InChI=1S/C11H18O2.C10H16O4/c1-10(2)7-4-5-11(10,3)8(6-7)9(12)13;1-9(2)6(7(11)12)4-5-10(9,3)8(13)14/h7-8H,4-6H2,1-3H3,(H,12,13);6H,4-5H2,1-3H3,(H,11,12)(H,13,14). The van der Waals surface area contributed by atoms with Crippen molar-refractivity contribution in [3.05, 3.63) is 0 Å². The van der Waals surface area contributed by atoms with E-state index in [1.54, 1.807) is 20.8 Å². The summed E-state index contributed by atoms with van der Waals surface area (Å²) < 4.78 is 0. The van der Waals surface area contributed by atoms with Crippen molar-refractivity contribution in [1.82, 2.24) is 0 Å². The zero-order chi connectivity index (χ0) is 21.0. The second-order valence-corrected chi connectivity index (χ2v) is 10.3. The topological polar surface area (TPSA) is 112 Å². The lowest BCUT2D eigenvalue weighted by atomic mass is 9.66. The molecule has 5 atom stereocenters. The van der Waals surface area contributed by atoms with Crippen molar-refractivity contribution in [2.75, 3.05) is 0 Å². The van der Waals surface area contributed by atoms with E-state index in [-0.39, 0.29) is 16.7 Å². The second kappa shape index (κ2) is 6.49. The lowest BCUT2D eigenvalue weighted by Crippen LogP contribution is -2.42. The summed E-state index contributed by atoms with van der Waals surface area (Å²) in [6.07, 6.45) is 4.12. The monoisotopic (exact) mass is 382 g/mol. The van der Waals surface area contributed by atoms with Crippen molar-refractivity contribution in [2.24, 2.45) is 39.4 Å². The zero-order valence-electron chi connectivity index (χ0n) is 17.3. The van der Waals surface area contributed by atoms with Gasteiger partial charge in [-0.05, 0) is 61.2 Å². The number of carboxylic acid groups (broad SMARTS) is 3. The maximum Gasteiger partial charge on any atom is 0.309 e. The Morgan fingerprint density at radius 3 is 1.48 bits per heavy atom. The average Bonchev–Trinajstić information content (AvgIpc) is 2.99. The number of rotatable bonds is 3. The molecular formula is C21H34O6. The van der Waals surface area contributed by atoms with E-state index in [0.29, 0.717) is 18.8 Å². The first kappa shape index (κ1) is 21.7. The van der Waals surface area contributed by atoms with Crippen molar-refractivity contribution in [3.8, 4) is 0 Å². The molecule has 0 spiro atoms. The van der Waals surface area contributed by atoms with Crippen LogP contribution in [0, 0.1) is 39.4 Å². The van der Waals surface area contributed by atoms with Crippen LogP contribution >= 0.6 is 0 Å². The van der Waals surface area contributed by atoms with Gasteiger partial charge in [-0.15, -0.1) is 0 Å². The number of fused-ring (bicyclic) bond motifs is 2. The van der Waals surface area contributed by atoms with Crippen LogP contribution in [0.25, 0.3) is 0 Å². The summed E-state index contributed by atoms with van der Waals surface area (Å²) in [4.78, 5) is 33.1. The summed E-state index contributed by atoms with van der Waals surface area (Å²) >= 11 is 0. The first-order valence-electron chi connectivity index (χ1n) is 9.82. The van der Waals surface area contributed by atoms with Gasteiger partial charge in [0.1, 0.15) is 0 Å². The smallest absolute Gasteiger partial charge is 0.309 e. The van der Waals surface area contributed by atoms with Gasteiger partial charge in [0.05, 0.1) is 17.3 Å². The molecule has 3 aliphatic rings. The van der Waals surface area contributed by atoms with Crippen LogP contribution in [0.1, 0.15) is 73.6 Å². The van der Waals surface area contributed by atoms with Gasteiger partial charge in [0.25, 0.3) is 0 Å². The molecular weight excluding hydrogens is 348 g/mol. The minimum Gasteiger partial charge on any atom is -0.481 e. The SMILES string of the molecule is CC1(C(=O)O)CCC(C(=O)O)C1(C)C.CC1(C)C2CCC1(C)C(C(=O)O)C2. The maximum atomic E-state index is 11.1. The molecule has 0 amide bonds. The summed E-state index contributed by atoms with van der Waals surface area (Å²) in [5.74, 6) is -2.38. The third-order valence-corrected chi connectivity index (χ3v) is 9.09. The predicted octanol–water partition coefficient (Wildman–Crippen LogP) is 4.13. The molecule has 27 heavy (non-hydrogen) atoms. The number of hydrogen-bond donors (Lipinski definition) is 3. The fourth-order valence-electron chi connectivity index (χ4n) is 5.89. The molecule has 0 saturated heterocycles. The summed E-state index contributed by atoms with van der Waals surface area (Å²) in [6, 6.07) is 0. The third-order valence-electron chi connectivity index (χ3n) is 9.09. The van der Waals surface area contributed by atoms with Crippen LogP contribution in [-0.2, 0) is 14.4 Å². The Morgan fingerprint density at radius 1 is 0.741 bits per heavy atom. The van der Waals surface area contributed by atoms with Gasteiger partial charge in [0, 0.05) is 0 Å². The predicted molar refractivity (Wildman–Crippen MR) is 100 cm³/mol. The molecule has 0 aromatic carbocycles. The van der Waals surface area contributed by atoms with Crippen molar-refractivity contribution < 1.29 is 29.7 Å². The van der Waals surface area contributed by atoms with E-state index in [1.165, 1.54) is 6.42 Å². The van der Waals surface area contributed by atoms with Crippen LogP contribution in [0.4, 0.5) is 0 Å². The van der Waals surface area contributed by atoms with Crippen LogP contribution in [0.2, 0.25) is 0 Å². The normalized spacial score (nSPS) is 40.9. The van der Waals surface area contributed by atoms with Gasteiger partial charge in [-0.25, -0.2) is 0 Å². The van der Waals surface area contributed by atoms with E-state index in [4.69, 9.17) is 15.3 Å². The van der Waals surface area contributed by atoms with Gasteiger partial charge in [0.2, 0.25) is 0 Å². The summed E-state index contributed by atoms with van der Waals surface area (Å²) in [5, 5.41) is 27.2. The Hall–Kier alpha value is -1.59. The number of aliphatic carboxylic acids is 3. The highest BCUT2D eigenvalue weighted by Crippen LogP contribution is 2.68. The van der Waals surface area contributed by atoms with Gasteiger partial charge >= 0.3 is 17.9 Å². The second-order valence-electron chi connectivity index (χ2n) is 10.3. The van der Waals surface area contributed by atoms with Gasteiger partial charge in [0.15, 0.2) is 0 Å². The van der Waals surface area contributed by atoms with E-state index >= 15 is 0 Å². The fourth-order valence-corrected chi connectivity index (χ4v) is 5.89. The van der Waals surface area contributed by atoms with Gasteiger partial charge in [-0.1, -0.05) is 34.6 Å². The van der Waals surface area contributed by atoms with Gasteiger partial charge in [-0.2, -0.15) is 0 Å². The molecule has 154 valence electrons. The first-order chi connectivity index (χ1) is 12.1. The number of carboxylic acids is 3. The molecule has 0 radical (unpaired) electrons. The van der Waals surface area contributed by atoms with Crippen molar-refractivity contribution >= 4 is 17.9 Å². The molecule has 5 unspecified atom stereocenters. The highest BCUT2D eigenvalue weighted by molar-refractivity contribution is 5.80. The van der Waals surface area contributed by atoms with Crippen LogP contribution in [0.5, 0.6) is 0 Å². The Labute approximate surface area is 161 Å². The van der Waals surface area contributed by atoms with Crippen molar-refractivity contribution in [2.45, 2.75) is 73.6 Å². The lowest BCUT2D eigenvalue weighted by molar-refractivity contribution is -0.157. The molecule has 3 rings (SSSR count). The van der Waals surface area contributed by atoms with Gasteiger partial charge < -0.3 is 15.3 Å². The van der Waals surface area contributed by atoms with Crippen molar-refractivity contribution in [3.63, 3.8) is 0 Å².